The third-order valence-corrected chi connectivity index (χ3v) is 6.35. The molecule has 2 saturated carbocycles. The van der Waals surface area contributed by atoms with Crippen LogP contribution in [-0.2, 0) is 14.6 Å². The van der Waals surface area contributed by atoms with Gasteiger partial charge in [-0.3, -0.25) is 4.79 Å². The van der Waals surface area contributed by atoms with Crippen molar-refractivity contribution in [3.63, 3.8) is 0 Å². The van der Waals surface area contributed by atoms with E-state index in [2.05, 4.69) is 0 Å². The third-order valence-electron chi connectivity index (χ3n) is 3.66. The minimum Gasteiger partial charge on any atom is -0.298 e. The SMILES string of the molecule is O=C1CCCC1S(=O)(=O)C1CCCCC1. The molecule has 0 spiro atoms. The number of ketones is 1. The summed E-state index contributed by atoms with van der Waals surface area (Å²) in [5, 5.41) is -0.876. The number of sulfone groups is 1. The average molecular weight is 230 g/mol. The molecular formula is C11H18O3S. The van der Waals surface area contributed by atoms with Crippen molar-refractivity contribution < 1.29 is 13.2 Å². The minimum atomic E-state index is -3.16. The van der Waals surface area contributed by atoms with Crippen molar-refractivity contribution in [2.75, 3.05) is 0 Å². The molecule has 0 heterocycles. The highest BCUT2D eigenvalue weighted by Crippen LogP contribution is 2.31. The van der Waals surface area contributed by atoms with Crippen LogP contribution in [0.3, 0.4) is 0 Å². The van der Waals surface area contributed by atoms with Crippen LogP contribution in [0.4, 0.5) is 0 Å². The fraction of sp³-hybridized carbons (Fsp3) is 0.909. The van der Waals surface area contributed by atoms with Gasteiger partial charge in [-0.05, 0) is 25.7 Å². The number of hydrogen-bond donors (Lipinski definition) is 0. The summed E-state index contributed by atoms with van der Waals surface area (Å²) in [6.45, 7) is 0. The van der Waals surface area contributed by atoms with Crippen LogP contribution >= 0.6 is 0 Å². The third kappa shape index (κ3) is 2.10. The molecule has 0 aromatic rings. The first-order valence-electron chi connectivity index (χ1n) is 5.88. The summed E-state index contributed by atoms with van der Waals surface area (Å²) in [4.78, 5) is 11.5. The quantitative estimate of drug-likeness (QED) is 0.727. The van der Waals surface area contributed by atoms with E-state index >= 15 is 0 Å². The van der Waals surface area contributed by atoms with E-state index in [1.54, 1.807) is 0 Å². The van der Waals surface area contributed by atoms with Crippen LogP contribution in [0.15, 0.2) is 0 Å². The predicted octanol–water partition coefficient (Wildman–Crippen LogP) is 1.86. The van der Waals surface area contributed by atoms with Crippen molar-refractivity contribution in [1.29, 1.82) is 0 Å². The number of hydrogen-bond acceptors (Lipinski definition) is 3. The lowest BCUT2D eigenvalue weighted by molar-refractivity contribution is -0.117. The summed E-state index contributed by atoms with van der Waals surface area (Å²) in [5.41, 5.74) is 0. The smallest absolute Gasteiger partial charge is 0.163 e. The summed E-state index contributed by atoms with van der Waals surface area (Å²) in [6, 6.07) is 0. The molecule has 4 heteroatoms. The van der Waals surface area contributed by atoms with Crippen LogP contribution in [0, 0.1) is 0 Å². The molecule has 0 aliphatic heterocycles. The molecule has 1 atom stereocenters. The summed E-state index contributed by atoms with van der Waals surface area (Å²) >= 11 is 0. The maximum absolute atomic E-state index is 12.2. The maximum atomic E-state index is 12.2. The zero-order valence-electron chi connectivity index (χ0n) is 8.94. The molecule has 2 fully saturated rings. The standard InChI is InChI=1S/C11H18O3S/c12-10-7-4-8-11(10)15(13,14)9-5-2-1-3-6-9/h9,11H,1-8H2. The normalized spacial score (nSPS) is 29.6. The highest BCUT2D eigenvalue weighted by Gasteiger charge is 2.40. The largest absolute Gasteiger partial charge is 0.298 e. The van der Waals surface area contributed by atoms with E-state index in [1.807, 2.05) is 0 Å². The Morgan fingerprint density at radius 1 is 0.933 bits per heavy atom. The Hall–Kier alpha value is -0.380. The summed E-state index contributed by atoms with van der Waals surface area (Å²) in [6.07, 6.45) is 6.49. The number of carbonyl (C=O) groups is 1. The van der Waals surface area contributed by atoms with E-state index in [0.717, 1.165) is 38.5 Å². The van der Waals surface area contributed by atoms with E-state index < -0.39 is 15.1 Å². The second kappa shape index (κ2) is 4.24. The summed E-state index contributed by atoms with van der Waals surface area (Å²) < 4.78 is 24.4. The summed E-state index contributed by atoms with van der Waals surface area (Å²) in [7, 11) is -3.16. The minimum absolute atomic E-state index is 0.0411. The zero-order chi connectivity index (χ0) is 10.9. The van der Waals surface area contributed by atoms with Gasteiger partial charge in [-0.1, -0.05) is 19.3 Å². The Balaban J connectivity index is 2.14. The molecule has 0 radical (unpaired) electrons. The fourth-order valence-corrected chi connectivity index (χ4v) is 5.19. The first kappa shape index (κ1) is 11.1. The van der Waals surface area contributed by atoms with Crippen molar-refractivity contribution in [3.8, 4) is 0 Å². The van der Waals surface area contributed by atoms with Gasteiger partial charge in [-0.25, -0.2) is 8.42 Å². The molecule has 2 rings (SSSR count). The highest BCUT2D eigenvalue weighted by atomic mass is 32.2. The molecule has 0 aromatic carbocycles. The van der Waals surface area contributed by atoms with Gasteiger partial charge in [0, 0.05) is 6.42 Å². The second-order valence-corrected chi connectivity index (χ2v) is 7.11. The number of carbonyl (C=O) groups excluding carboxylic acids is 1. The van der Waals surface area contributed by atoms with Crippen LogP contribution in [-0.4, -0.2) is 24.7 Å². The Morgan fingerprint density at radius 2 is 1.60 bits per heavy atom. The number of Topliss-reactive ketones (excluding diaryl/α,β-unsaturated/α-hetero) is 1. The lowest BCUT2D eigenvalue weighted by Crippen LogP contribution is -2.35. The molecule has 0 aromatic heterocycles. The van der Waals surface area contributed by atoms with Gasteiger partial charge >= 0.3 is 0 Å². The molecular weight excluding hydrogens is 212 g/mol. The molecule has 86 valence electrons. The van der Waals surface area contributed by atoms with Crippen LogP contribution < -0.4 is 0 Å². The van der Waals surface area contributed by atoms with Crippen molar-refractivity contribution >= 4 is 15.6 Å². The molecule has 0 N–H and O–H groups in total. The molecule has 3 nitrogen and oxygen atoms in total. The second-order valence-electron chi connectivity index (χ2n) is 4.70. The molecule has 2 aliphatic carbocycles. The Labute approximate surface area is 91.2 Å². The molecule has 0 amide bonds. The lowest BCUT2D eigenvalue weighted by atomic mass is 10.0. The maximum Gasteiger partial charge on any atom is 0.163 e. The van der Waals surface area contributed by atoms with E-state index in [1.165, 1.54) is 0 Å². The Bertz CT molecular complexity index is 339. The Morgan fingerprint density at radius 3 is 2.13 bits per heavy atom. The first-order valence-corrected chi connectivity index (χ1v) is 7.49. The van der Waals surface area contributed by atoms with Crippen molar-refractivity contribution in [2.45, 2.75) is 61.9 Å². The topological polar surface area (TPSA) is 51.2 Å². The van der Waals surface area contributed by atoms with Gasteiger partial charge in [0.2, 0.25) is 0 Å². The molecule has 2 aliphatic rings. The van der Waals surface area contributed by atoms with Crippen LogP contribution in [0.2, 0.25) is 0 Å². The van der Waals surface area contributed by atoms with Gasteiger partial charge in [0.15, 0.2) is 15.6 Å². The van der Waals surface area contributed by atoms with Gasteiger partial charge in [-0.2, -0.15) is 0 Å². The molecule has 0 saturated heterocycles. The highest BCUT2D eigenvalue weighted by molar-refractivity contribution is 7.93. The zero-order valence-corrected chi connectivity index (χ0v) is 9.76. The average Bonchev–Trinajstić information content (AvgIpc) is 2.66. The van der Waals surface area contributed by atoms with Gasteiger partial charge in [0.25, 0.3) is 0 Å². The monoisotopic (exact) mass is 230 g/mol. The van der Waals surface area contributed by atoms with E-state index in [9.17, 15) is 13.2 Å². The van der Waals surface area contributed by atoms with Crippen LogP contribution in [0.25, 0.3) is 0 Å². The van der Waals surface area contributed by atoms with Gasteiger partial charge in [0.1, 0.15) is 5.25 Å². The van der Waals surface area contributed by atoms with E-state index in [4.69, 9.17) is 0 Å². The van der Waals surface area contributed by atoms with Gasteiger partial charge in [-0.15, -0.1) is 0 Å². The number of rotatable bonds is 2. The lowest BCUT2D eigenvalue weighted by Gasteiger charge is -2.24. The van der Waals surface area contributed by atoms with E-state index in [0.29, 0.717) is 12.8 Å². The molecule has 1 unspecified atom stereocenters. The van der Waals surface area contributed by atoms with Crippen LogP contribution in [0.1, 0.15) is 51.4 Å². The molecule has 15 heavy (non-hydrogen) atoms. The van der Waals surface area contributed by atoms with Crippen LogP contribution in [0.5, 0.6) is 0 Å². The predicted molar refractivity (Wildman–Crippen MR) is 58.4 cm³/mol. The summed E-state index contributed by atoms with van der Waals surface area (Å²) in [5.74, 6) is -0.0411. The Kier molecular flexibility index (Phi) is 3.14. The van der Waals surface area contributed by atoms with Crippen molar-refractivity contribution in [2.24, 2.45) is 0 Å². The van der Waals surface area contributed by atoms with Gasteiger partial charge < -0.3 is 0 Å². The van der Waals surface area contributed by atoms with Crippen molar-refractivity contribution in [3.05, 3.63) is 0 Å². The first-order chi connectivity index (χ1) is 7.12. The fourth-order valence-electron chi connectivity index (χ4n) is 2.76. The van der Waals surface area contributed by atoms with Crippen molar-refractivity contribution in [1.82, 2.24) is 0 Å². The molecule has 0 bridgehead atoms. The van der Waals surface area contributed by atoms with Gasteiger partial charge in [0.05, 0.1) is 5.25 Å². The van der Waals surface area contributed by atoms with E-state index in [-0.39, 0.29) is 11.0 Å².